The van der Waals surface area contributed by atoms with Gasteiger partial charge in [0, 0.05) is 12.0 Å². The molecule has 1 heterocycles. The molecule has 1 unspecified atom stereocenters. The topological polar surface area (TPSA) is 29.1 Å². The first-order valence-electron chi connectivity index (χ1n) is 7.17. The van der Waals surface area contributed by atoms with E-state index in [0.29, 0.717) is 18.1 Å². The second-order valence-electron chi connectivity index (χ2n) is 5.74. The molecule has 1 aliphatic heterocycles. The van der Waals surface area contributed by atoms with Gasteiger partial charge >= 0.3 is 0 Å². The van der Waals surface area contributed by atoms with Crippen molar-refractivity contribution >= 4 is 5.78 Å². The second-order valence-corrected chi connectivity index (χ2v) is 5.74. The number of carbonyl (C=O) groups is 1. The third-order valence-electron chi connectivity index (χ3n) is 4.45. The molecule has 0 radical (unpaired) electrons. The molecule has 0 aromatic heterocycles. The van der Waals surface area contributed by atoms with Crippen LogP contribution < -0.4 is 5.32 Å². The van der Waals surface area contributed by atoms with Crippen molar-refractivity contribution < 1.29 is 4.79 Å². The maximum atomic E-state index is 12.1. The van der Waals surface area contributed by atoms with E-state index in [1.54, 1.807) is 0 Å². The molecule has 96 valence electrons. The smallest absolute Gasteiger partial charge is 0.163 e. The Hall–Kier alpha value is -1.15. The molecular weight excluding hydrogens is 222 g/mol. The summed E-state index contributed by atoms with van der Waals surface area (Å²) in [6, 6.07) is 8.37. The molecule has 1 aromatic carbocycles. The minimum absolute atomic E-state index is 0.309. The van der Waals surface area contributed by atoms with E-state index in [1.165, 1.54) is 24.8 Å². The lowest BCUT2D eigenvalue weighted by atomic mass is 9.80. The zero-order chi connectivity index (χ0) is 12.4. The zero-order valence-corrected chi connectivity index (χ0v) is 10.8. The fourth-order valence-corrected chi connectivity index (χ4v) is 2.95. The van der Waals surface area contributed by atoms with Crippen LogP contribution in [0.15, 0.2) is 24.3 Å². The van der Waals surface area contributed by atoms with Crippen molar-refractivity contribution in [1.29, 1.82) is 0 Å². The molecule has 18 heavy (non-hydrogen) atoms. The lowest BCUT2D eigenvalue weighted by Gasteiger charge is -2.25. The van der Waals surface area contributed by atoms with Crippen molar-refractivity contribution in [2.24, 2.45) is 5.92 Å². The molecular formula is C16H21NO. The van der Waals surface area contributed by atoms with Crippen LogP contribution in [0.5, 0.6) is 0 Å². The Bertz CT molecular complexity index is 413. The predicted molar refractivity (Wildman–Crippen MR) is 73.0 cm³/mol. The van der Waals surface area contributed by atoms with Crippen LogP contribution in [0.3, 0.4) is 0 Å². The summed E-state index contributed by atoms with van der Waals surface area (Å²) in [5, 5.41) is 3.32. The summed E-state index contributed by atoms with van der Waals surface area (Å²) in [7, 11) is 0. The normalized spacial score (nSPS) is 23.9. The number of ketones is 1. The summed E-state index contributed by atoms with van der Waals surface area (Å²) in [5.41, 5.74) is 2.31. The van der Waals surface area contributed by atoms with Crippen molar-refractivity contribution in [2.45, 2.75) is 38.0 Å². The second kappa shape index (κ2) is 5.23. The first-order chi connectivity index (χ1) is 8.83. The van der Waals surface area contributed by atoms with Gasteiger partial charge in [0.1, 0.15) is 0 Å². The van der Waals surface area contributed by atoms with Crippen molar-refractivity contribution in [3.8, 4) is 0 Å². The fourth-order valence-electron chi connectivity index (χ4n) is 2.95. The van der Waals surface area contributed by atoms with E-state index in [1.807, 2.05) is 12.1 Å². The number of nitrogens with one attached hydrogen (secondary N) is 1. The minimum atomic E-state index is 0.309. The van der Waals surface area contributed by atoms with Gasteiger partial charge in [0.2, 0.25) is 0 Å². The van der Waals surface area contributed by atoms with Crippen LogP contribution in [0.2, 0.25) is 0 Å². The number of hydrogen-bond acceptors (Lipinski definition) is 2. The molecule has 1 aromatic rings. The van der Waals surface area contributed by atoms with E-state index < -0.39 is 0 Å². The average molecular weight is 243 g/mol. The lowest BCUT2D eigenvalue weighted by molar-refractivity contribution is 0.0964. The summed E-state index contributed by atoms with van der Waals surface area (Å²) in [5.74, 6) is 1.61. The molecule has 1 atom stereocenters. The van der Waals surface area contributed by atoms with Crippen molar-refractivity contribution in [3.63, 3.8) is 0 Å². The molecule has 2 aliphatic rings. The Morgan fingerprint density at radius 3 is 2.50 bits per heavy atom. The number of rotatable bonds is 4. The van der Waals surface area contributed by atoms with Crippen LogP contribution in [-0.4, -0.2) is 18.9 Å². The summed E-state index contributed by atoms with van der Waals surface area (Å²) < 4.78 is 0. The molecule has 2 heteroatoms. The van der Waals surface area contributed by atoms with Gasteiger partial charge in [-0.1, -0.05) is 30.7 Å². The van der Waals surface area contributed by atoms with Crippen molar-refractivity contribution in [3.05, 3.63) is 35.4 Å². The minimum Gasteiger partial charge on any atom is -0.316 e. The Labute approximate surface area is 109 Å². The molecule has 1 saturated carbocycles. The van der Waals surface area contributed by atoms with Crippen molar-refractivity contribution in [2.75, 3.05) is 13.1 Å². The van der Waals surface area contributed by atoms with Crippen LogP contribution in [0.1, 0.15) is 53.9 Å². The molecule has 1 N–H and O–H groups in total. The maximum Gasteiger partial charge on any atom is 0.163 e. The van der Waals surface area contributed by atoms with Gasteiger partial charge in [-0.25, -0.2) is 0 Å². The Morgan fingerprint density at radius 1 is 1.17 bits per heavy atom. The third kappa shape index (κ3) is 2.49. The standard InChI is InChI=1S/C16H21NO/c18-16(10-12-8-9-17-11-12)15-6-4-14(5-7-15)13-2-1-3-13/h4-7,12-13,17H,1-3,8-11H2. The van der Waals surface area contributed by atoms with Crippen LogP contribution in [0, 0.1) is 5.92 Å². The monoisotopic (exact) mass is 243 g/mol. The van der Waals surface area contributed by atoms with Gasteiger partial charge in [-0.2, -0.15) is 0 Å². The Morgan fingerprint density at radius 2 is 1.94 bits per heavy atom. The number of hydrogen-bond donors (Lipinski definition) is 1. The predicted octanol–water partition coefficient (Wildman–Crippen LogP) is 3.14. The van der Waals surface area contributed by atoms with Gasteiger partial charge in [-0.3, -0.25) is 4.79 Å². The van der Waals surface area contributed by atoms with Crippen LogP contribution in [0.4, 0.5) is 0 Å². The van der Waals surface area contributed by atoms with Crippen molar-refractivity contribution in [1.82, 2.24) is 5.32 Å². The van der Waals surface area contributed by atoms with E-state index >= 15 is 0 Å². The zero-order valence-electron chi connectivity index (χ0n) is 10.8. The third-order valence-corrected chi connectivity index (χ3v) is 4.45. The molecule has 0 spiro atoms. The Balaban J connectivity index is 1.62. The van der Waals surface area contributed by atoms with Crippen LogP contribution in [0.25, 0.3) is 0 Å². The summed E-state index contributed by atoms with van der Waals surface area (Å²) >= 11 is 0. The molecule has 2 fully saturated rings. The molecule has 0 bridgehead atoms. The van der Waals surface area contributed by atoms with E-state index in [9.17, 15) is 4.79 Å². The van der Waals surface area contributed by atoms with Gasteiger partial charge in [0.05, 0.1) is 0 Å². The van der Waals surface area contributed by atoms with Crippen LogP contribution in [-0.2, 0) is 0 Å². The quantitative estimate of drug-likeness (QED) is 0.823. The highest BCUT2D eigenvalue weighted by Crippen LogP contribution is 2.36. The summed E-state index contributed by atoms with van der Waals surface area (Å²) in [6.07, 6.45) is 5.85. The lowest BCUT2D eigenvalue weighted by Crippen LogP contribution is -2.13. The number of Topliss-reactive ketones (excluding diaryl/α,β-unsaturated/α-hetero) is 1. The van der Waals surface area contributed by atoms with Gasteiger partial charge in [-0.05, 0) is 49.8 Å². The largest absolute Gasteiger partial charge is 0.316 e. The van der Waals surface area contributed by atoms with E-state index in [2.05, 4.69) is 17.4 Å². The molecule has 1 saturated heterocycles. The van der Waals surface area contributed by atoms with Gasteiger partial charge in [0.15, 0.2) is 5.78 Å². The highest BCUT2D eigenvalue weighted by atomic mass is 16.1. The SMILES string of the molecule is O=C(CC1CCNC1)c1ccc(C2CCC2)cc1. The molecule has 1 aliphatic carbocycles. The summed E-state index contributed by atoms with van der Waals surface area (Å²) in [6.45, 7) is 2.07. The van der Waals surface area contributed by atoms with E-state index in [0.717, 1.165) is 31.0 Å². The highest BCUT2D eigenvalue weighted by Gasteiger charge is 2.21. The number of carbonyl (C=O) groups excluding carboxylic acids is 1. The van der Waals surface area contributed by atoms with Gasteiger partial charge in [-0.15, -0.1) is 0 Å². The average Bonchev–Trinajstić information content (AvgIpc) is 2.80. The highest BCUT2D eigenvalue weighted by molar-refractivity contribution is 5.96. The molecule has 0 amide bonds. The number of benzene rings is 1. The van der Waals surface area contributed by atoms with E-state index in [-0.39, 0.29) is 0 Å². The first kappa shape index (κ1) is 11.9. The van der Waals surface area contributed by atoms with Gasteiger partial charge < -0.3 is 5.32 Å². The molecule has 2 nitrogen and oxygen atoms in total. The van der Waals surface area contributed by atoms with E-state index in [4.69, 9.17) is 0 Å². The maximum absolute atomic E-state index is 12.1. The Kier molecular flexibility index (Phi) is 3.46. The summed E-state index contributed by atoms with van der Waals surface area (Å²) in [4.78, 5) is 12.1. The van der Waals surface area contributed by atoms with Crippen LogP contribution >= 0.6 is 0 Å². The molecule has 3 rings (SSSR count). The first-order valence-corrected chi connectivity index (χ1v) is 7.17. The van der Waals surface area contributed by atoms with Gasteiger partial charge in [0.25, 0.3) is 0 Å². The fraction of sp³-hybridized carbons (Fsp3) is 0.562.